The number of carbonyl (C=O) groups is 2. The molecule has 2 aromatic carbocycles. The van der Waals surface area contributed by atoms with Crippen molar-refractivity contribution < 1.29 is 14.0 Å². The smallest absolute Gasteiger partial charge is 0.257 e. The molecule has 0 bridgehead atoms. The number of rotatable bonds is 5. The number of anilines is 1. The number of aromatic nitrogens is 1. The van der Waals surface area contributed by atoms with Gasteiger partial charge in [-0.05, 0) is 55.0 Å². The van der Waals surface area contributed by atoms with Gasteiger partial charge in [0.05, 0.1) is 11.6 Å². The van der Waals surface area contributed by atoms with Crippen LogP contribution in [0.5, 0.6) is 0 Å². The van der Waals surface area contributed by atoms with Crippen LogP contribution in [0.25, 0.3) is 0 Å². The normalized spacial score (nSPS) is 11.5. The van der Waals surface area contributed by atoms with E-state index in [2.05, 4.69) is 10.3 Å². The van der Waals surface area contributed by atoms with Gasteiger partial charge < -0.3 is 10.2 Å². The molecule has 0 aliphatic rings. The maximum absolute atomic E-state index is 13.1. The third-order valence-electron chi connectivity index (χ3n) is 4.54. The number of nitrogens with zero attached hydrogens (tertiary/aromatic N) is 2. The summed E-state index contributed by atoms with van der Waals surface area (Å²) in [7, 11) is 1.69. The number of nitrogens with one attached hydrogen (secondary N) is 1. The first-order valence-corrected chi connectivity index (χ1v) is 8.80. The molecule has 2 amide bonds. The Bertz CT molecular complexity index is 975. The minimum Gasteiger partial charge on any atom is -0.335 e. The SMILES string of the molecule is CC(c1ccc(F)cc1)N(C)C(=O)c1cccc(NC(=O)c2cccnc2)c1. The molecular weight excluding hydrogens is 357 g/mol. The Morgan fingerprint density at radius 2 is 1.75 bits per heavy atom. The van der Waals surface area contributed by atoms with Crippen molar-refractivity contribution in [1.82, 2.24) is 9.88 Å². The zero-order chi connectivity index (χ0) is 20.1. The zero-order valence-electron chi connectivity index (χ0n) is 15.6. The van der Waals surface area contributed by atoms with Crippen molar-refractivity contribution in [2.75, 3.05) is 12.4 Å². The molecule has 0 saturated carbocycles. The van der Waals surface area contributed by atoms with Crippen LogP contribution in [0.3, 0.4) is 0 Å². The van der Waals surface area contributed by atoms with Gasteiger partial charge in [-0.25, -0.2) is 4.39 Å². The van der Waals surface area contributed by atoms with Crippen LogP contribution >= 0.6 is 0 Å². The molecule has 142 valence electrons. The van der Waals surface area contributed by atoms with Gasteiger partial charge in [0.25, 0.3) is 11.8 Å². The monoisotopic (exact) mass is 377 g/mol. The molecule has 0 radical (unpaired) electrons. The molecule has 3 rings (SSSR count). The average Bonchev–Trinajstić information content (AvgIpc) is 2.73. The molecule has 1 aromatic heterocycles. The van der Waals surface area contributed by atoms with E-state index in [1.807, 2.05) is 6.92 Å². The molecule has 0 saturated heterocycles. The van der Waals surface area contributed by atoms with Crippen molar-refractivity contribution in [1.29, 1.82) is 0 Å². The van der Waals surface area contributed by atoms with E-state index in [9.17, 15) is 14.0 Å². The fourth-order valence-electron chi connectivity index (χ4n) is 2.77. The summed E-state index contributed by atoms with van der Waals surface area (Å²) >= 11 is 0. The van der Waals surface area contributed by atoms with Crippen molar-refractivity contribution in [3.05, 3.63) is 95.6 Å². The van der Waals surface area contributed by atoms with E-state index in [1.165, 1.54) is 18.3 Å². The number of hydrogen-bond donors (Lipinski definition) is 1. The second-order valence-electron chi connectivity index (χ2n) is 6.42. The largest absolute Gasteiger partial charge is 0.335 e. The molecular formula is C22H20FN3O2. The standard InChI is InChI=1S/C22H20FN3O2/c1-15(16-8-10-19(23)11-9-16)26(2)22(28)17-5-3-7-20(13-17)25-21(27)18-6-4-12-24-14-18/h3-15H,1-2H3,(H,25,27). The summed E-state index contributed by atoms with van der Waals surface area (Å²) in [4.78, 5) is 30.6. The van der Waals surface area contributed by atoms with Crippen molar-refractivity contribution in [3.63, 3.8) is 0 Å². The van der Waals surface area contributed by atoms with Gasteiger partial charge >= 0.3 is 0 Å². The van der Waals surface area contributed by atoms with Gasteiger partial charge in [-0.3, -0.25) is 14.6 Å². The summed E-state index contributed by atoms with van der Waals surface area (Å²) in [6, 6.07) is 15.9. The number of benzene rings is 2. The van der Waals surface area contributed by atoms with Crippen LogP contribution in [0.1, 0.15) is 39.2 Å². The Balaban J connectivity index is 1.74. The highest BCUT2D eigenvalue weighted by Gasteiger charge is 2.19. The highest BCUT2D eigenvalue weighted by Crippen LogP contribution is 2.22. The van der Waals surface area contributed by atoms with Crippen LogP contribution in [-0.2, 0) is 0 Å². The third-order valence-corrected chi connectivity index (χ3v) is 4.54. The van der Waals surface area contributed by atoms with Gasteiger partial charge in [-0.15, -0.1) is 0 Å². The number of halogens is 1. The van der Waals surface area contributed by atoms with Gasteiger partial charge in [-0.2, -0.15) is 0 Å². The molecule has 5 nitrogen and oxygen atoms in total. The number of hydrogen-bond acceptors (Lipinski definition) is 3. The lowest BCUT2D eigenvalue weighted by atomic mass is 10.1. The van der Waals surface area contributed by atoms with Crippen LogP contribution in [0, 0.1) is 5.82 Å². The van der Waals surface area contributed by atoms with Gasteiger partial charge in [0.15, 0.2) is 0 Å². The molecule has 0 spiro atoms. The summed E-state index contributed by atoms with van der Waals surface area (Å²) in [5.74, 6) is -0.818. The minimum absolute atomic E-state index is 0.200. The summed E-state index contributed by atoms with van der Waals surface area (Å²) in [5, 5.41) is 2.77. The Kier molecular flexibility index (Phi) is 5.79. The lowest BCUT2D eigenvalue weighted by molar-refractivity contribution is 0.0742. The van der Waals surface area contributed by atoms with Crippen LogP contribution in [0.4, 0.5) is 10.1 Å². The van der Waals surface area contributed by atoms with Gasteiger partial charge in [0.1, 0.15) is 5.82 Å². The van der Waals surface area contributed by atoms with E-state index in [-0.39, 0.29) is 23.7 Å². The molecule has 6 heteroatoms. The summed E-state index contributed by atoms with van der Waals surface area (Å²) in [5.41, 5.74) is 2.22. The van der Waals surface area contributed by atoms with Crippen molar-refractivity contribution in [3.8, 4) is 0 Å². The lowest BCUT2D eigenvalue weighted by Crippen LogP contribution is -2.29. The molecule has 3 aromatic rings. The van der Waals surface area contributed by atoms with Crippen LogP contribution in [0.2, 0.25) is 0 Å². The van der Waals surface area contributed by atoms with Crippen LogP contribution < -0.4 is 5.32 Å². The summed E-state index contributed by atoms with van der Waals surface area (Å²) in [6.45, 7) is 1.87. The molecule has 1 heterocycles. The molecule has 0 fully saturated rings. The summed E-state index contributed by atoms with van der Waals surface area (Å²) in [6.07, 6.45) is 3.07. The number of pyridine rings is 1. The predicted molar refractivity (Wildman–Crippen MR) is 106 cm³/mol. The molecule has 1 unspecified atom stereocenters. The minimum atomic E-state index is -0.318. The van der Waals surface area contributed by atoms with Gasteiger partial charge in [0.2, 0.25) is 0 Å². The molecule has 28 heavy (non-hydrogen) atoms. The van der Waals surface area contributed by atoms with E-state index in [0.717, 1.165) is 5.56 Å². The average molecular weight is 377 g/mol. The second-order valence-corrected chi connectivity index (χ2v) is 6.42. The molecule has 1 N–H and O–H groups in total. The second kappa shape index (κ2) is 8.43. The van der Waals surface area contributed by atoms with E-state index < -0.39 is 0 Å². The fraction of sp³-hybridized carbons (Fsp3) is 0.136. The highest BCUT2D eigenvalue weighted by atomic mass is 19.1. The molecule has 1 atom stereocenters. The van der Waals surface area contributed by atoms with Crippen LogP contribution in [-0.4, -0.2) is 28.7 Å². The van der Waals surface area contributed by atoms with Crippen molar-refractivity contribution >= 4 is 17.5 Å². The zero-order valence-corrected chi connectivity index (χ0v) is 15.6. The Morgan fingerprint density at radius 3 is 2.43 bits per heavy atom. The Labute approximate surface area is 162 Å². The van der Waals surface area contributed by atoms with E-state index in [1.54, 1.807) is 66.7 Å². The Morgan fingerprint density at radius 1 is 1.04 bits per heavy atom. The predicted octanol–water partition coefficient (Wildman–Crippen LogP) is 4.31. The van der Waals surface area contributed by atoms with Crippen molar-refractivity contribution in [2.45, 2.75) is 13.0 Å². The number of amides is 2. The lowest BCUT2D eigenvalue weighted by Gasteiger charge is -2.25. The van der Waals surface area contributed by atoms with Gasteiger partial charge in [-0.1, -0.05) is 18.2 Å². The van der Waals surface area contributed by atoms with E-state index >= 15 is 0 Å². The topological polar surface area (TPSA) is 62.3 Å². The van der Waals surface area contributed by atoms with Gasteiger partial charge in [0, 0.05) is 30.7 Å². The summed E-state index contributed by atoms with van der Waals surface area (Å²) < 4.78 is 13.1. The fourth-order valence-corrected chi connectivity index (χ4v) is 2.77. The number of carbonyl (C=O) groups excluding carboxylic acids is 2. The van der Waals surface area contributed by atoms with Crippen LogP contribution in [0.15, 0.2) is 73.1 Å². The first kappa shape index (κ1) is 19.2. The maximum atomic E-state index is 13.1. The molecule has 0 aliphatic carbocycles. The quantitative estimate of drug-likeness (QED) is 0.721. The first-order valence-electron chi connectivity index (χ1n) is 8.80. The van der Waals surface area contributed by atoms with E-state index in [4.69, 9.17) is 0 Å². The molecule has 0 aliphatic heterocycles. The highest BCUT2D eigenvalue weighted by molar-refractivity contribution is 6.04. The Hall–Kier alpha value is -3.54. The maximum Gasteiger partial charge on any atom is 0.257 e. The van der Waals surface area contributed by atoms with E-state index in [0.29, 0.717) is 16.8 Å². The first-order chi connectivity index (χ1) is 13.5. The third kappa shape index (κ3) is 4.40. The van der Waals surface area contributed by atoms with Crippen molar-refractivity contribution in [2.24, 2.45) is 0 Å².